The van der Waals surface area contributed by atoms with Crippen molar-refractivity contribution in [3.63, 3.8) is 0 Å². The highest BCUT2D eigenvalue weighted by molar-refractivity contribution is 4.85. The molecule has 106 valence electrons. The molecule has 0 bridgehead atoms. The zero-order valence-electron chi connectivity index (χ0n) is 12.3. The molecule has 1 N–H and O–H groups in total. The number of nitrogens with zero attached hydrogens (tertiary/aromatic N) is 1. The zero-order valence-corrected chi connectivity index (χ0v) is 12.3. The maximum Gasteiger partial charge on any atom is 0.0568 e. The minimum absolute atomic E-state index is 0.000153. The Labute approximate surface area is 113 Å². The molecule has 1 heterocycles. The van der Waals surface area contributed by atoms with E-state index in [0.29, 0.717) is 11.3 Å². The number of piperidine rings is 1. The van der Waals surface area contributed by atoms with Crippen LogP contribution in [0.4, 0.5) is 0 Å². The number of likely N-dealkylation sites (tertiary alicyclic amines) is 1. The van der Waals surface area contributed by atoms with Crippen molar-refractivity contribution in [2.75, 3.05) is 19.6 Å². The highest BCUT2D eigenvalue weighted by atomic mass is 16.3. The smallest absolute Gasteiger partial charge is 0.0568 e. The van der Waals surface area contributed by atoms with Crippen LogP contribution in [-0.4, -0.2) is 35.7 Å². The van der Waals surface area contributed by atoms with E-state index in [4.69, 9.17) is 0 Å². The summed E-state index contributed by atoms with van der Waals surface area (Å²) >= 11 is 0. The van der Waals surface area contributed by atoms with Gasteiger partial charge in [0.25, 0.3) is 0 Å². The van der Waals surface area contributed by atoms with E-state index < -0.39 is 0 Å². The largest absolute Gasteiger partial charge is 0.393 e. The Morgan fingerprint density at radius 2 is 1.78 bits per heavy atom. The molecule has 0 aromatic rings. The van der Waals surface area contributed by atoms with Crippen LogP contribution in [0, 0.1) is 11.3 Å². The molecule has 2 nitrogen and oxygen atoms in total. The predicted octanol–water partition coefficient (Wildman–Crippen LogP) is 3.44. The quantitative estimate of drug-likeness (QED) is 0.811. The van der Waals surface area contributed by atoms with Gasteiger partial charge in [0, 0.05) is 0 Å². The first-order valence-corrected chi connectivity index (χ1v) is 8.09. The Morgan fingerprint density at radius 1 is 1.11 bits per heavy atom. The van der Waals surface area contributed by atoms with Gasteiger partial charge in [0.2, 0.25) is 0 Å². The van der Waals surface area contributed by atoms with Gasteiger partial charge < -0.3 is 10.0 Å². The Kier molecular flexibility index (Phi) is 5.08. The lowest BCUT2D eigenvalue weighted by molar-refractivity contribution is 0.0782. The minimum Gasteiger partial charge on any atom is -0.393 e. The highest BCUT2D eigenvalue weighted by Crippen LogP contribution is 2.38. The van der Waals surface area contributed by atoms with Gasteiger partial charge in [-0.15, -0.1) is 0 Å². The van der Waals surface area contributed by atoms with Gasteiger partial charge in [-0.2, -0.15) is 0 Å². The molecule has 1 saturated heterocycles. The first kappa shape index (κ1) is 14.3. The first-order chi connectivity index (χ1) is 8.69. The minimum atomic E-state index is 0.000153. The highest BCUT2D eigenvalue weighted by Gasteiger charge is 2.32. The molecular weight excluding hydrogens is 222 g/mol. The van der Waals surface area contributed by atoms with Crippen molar-refractivity contribution >= 4 is 0 Å². The second kappa shape index (κ2) is 6.38. The summed E-state index contributed by atoms with van der Waals surface area (Å²) in [4.78, 5) is 2.63. The number of rotatable bonds is 5. The van der Waals surface area contributed by atoms with Gasteiger partial charge in [-0.05, 0) is 63.1 Å². The summed E-state index contributed by atoms with van der Waals surface area (Å²) in [6.45, 7) is 8.49. The van der Waals surface area contributed by atoms with Crippen molar-refractivity contribution in [3.8, 4) is 0 Å². The Bertz CT molecular complexity index is 239. The molecule has 0 spiro atoms. The van der Waals surface area contributed by atoms with Gasteiger partial charge >= 0.3 is 0 Å². The van der Waals surface area contributed by atoms with Crippen LogP contribution in [0.2, 0.25) is 0 Å². The standard InChI is InChI=1S/C16H31NO/c1-3-16(4-2)9-12-17(13-10-16)11-8-14-6-5-7-15(14)18/h14-15,18H,3-13H2,1-2H3. The van der Waals surface area contributed by atoms with E-state index in [1.165, 1.54) is 64.6 Å². The average Bonchev–Trinajstić information content (AvgIpc) is 2.83. The van der Waals surface area contributed by atoms with Gasteiger partial charge in [-0.3, -0.25) is 0 Å². The molecule has 0 aromatic heterocycles. The third kappa shape index (κ3) is 3.27. The van der Waals surface area contributed by atoms with Gasteiger partial charge in [0.05, 0.1) is 6.10 Å². The van der Waals surface area contributed by atoms with E-state index >= 15 is 0 Å². The molecule has 2 fully saturated rings. The molecule has 0 aromatic carbocycles. The molecule has 2 atom stereocenters. The van der Waals surface area contributed by atoms with E-state index in [0.717, 1.165) is 6.42 Å². The normalized spacial score (nSPS) is 32.8. The summed E-state index contributed by atoms with van der Waals surface area (Å²) < 4.78 is 0. The molecule has 0 radical (unpaired) electrons. The van der Waals surface area contributed by atoms with Crippen molar-refractivity contribution in [1.29, 1.82) is 0 Å². The third-order valence-electron chi connectivity index (χ3n) is 5.85. The molecular formula is C16H31NO. The fraction of sp³-hybridized carbons (Fsp3) is 1.00. The van der Waals surface area contributed by atoms with Crippen LogP contribution in [0.1, 0.15) is 65.2 Å². The number of aliphatic hydroxyl groups excluding tert-OH is 1. The fourth-order valence-electron chi connectivity index (χ4n) is 3.91. The maximum atomic E-state index is 9.86. The lowest BCUT2D eigenvalue weighted by Gasteiger charge is -2.41. The molecule has 1 saturated carbocycles. The monoisotopic (exact) mass is 253 g/mol. The van der Waals surface area contributed by atoms with Gasteiger partial charge in [-0.25, -0.2) is 0 Å². The summed E-state index contributed by atoms with van der Waals surface area (Å²) in [5, 5.41) is 9.86. The van der Waals surface area contributed by atoms with Crippen LogP contribution in [-0.2, 0) is 0 Å². The van der Waals surface area contributed by atoms with Crippen molar-refractivity contribution in [1.82, 2.24) is 4.90 Å². The van der Waals surface area contributed by atoms with E-state index in [1.54, 1.807) is 0 Å². The molecule has 18 heavy (non-hydrogen) atoms. The second-order valence-corrected chi connectivity index (χ2v) is 6.60. The Morgan fingerprint density at radius 3 is 2.28 bits per heavy atom. The molecule has 1 aliphatic carbocycles. The van der Waals surface area contributed by atoms with Crippen LogP contribution in [0.5, 0.6) is 0 Å². The topological polar surface area (TPSA) is 23.5 Å². The second-order valence-electron chi connectivity index (χ2n) is 6.60. The SMILES string of the molecule is CCC1(CC)CCN(CCC2CCCC2O)CC1. The number of aliphatic hydroxyl groups is 1. The molecule has 2 aliphatic rings. The molecule has 2 rings (SSSR count). The van der Waals surface area contributed by atoms with Crippen molar-refractivity contribution < 1.29 is 5.11 Å². The molecule has 0 amide bonds. The van der Waals surface area contributed by atoms with Crippen LogP contribution in [0.25, 0.3) is 0 Å². The number of hydrogen-bond donors (Lipinski definition) is 1. The average molecular weight is 253 g/mol. The number of hydrogen-bond acceptors (Lipinski definition) is 2. The lowest BCUT2D eigenvalue weighted by atomic mass is 9.74. The van der Waals surface area contributed by atoms with E-state index in [2.05, 4.69) is 18.7 Å². The fourth-order valence-corrected chi connectivity index (χ4v) is 3.91. The van der Waals surface area contributed by atoms with E-state index in [-0.39, 0.29) is 6.10 Å². The van der Waals surface area contributed by atoms with Crippen molar-refractivity contribution in [3.05, 3.63) is 0 Å². The Hall–Kier alpha value is -0.0800. The van der Waals surface area contributed by atoms with Crippen LogP contribution in [0.3, 0.4) is 0 Å². The van der Waals surface area contributed by atoms with Crippen molar-refractivity contribution in [2.45, 2.75) is 71.3 Å². The molecule has 2 unspecified atom stereocenters. The third-order valence-corrected chi connectivity index (χ3v) is 5.85. The van der Waals surface area contributed by atoms with Crippen LogP contribution >= 0.6 is 0 Å². The zero-order chi connectivity index (χ0) is 13.0. The van der Waals surface area contributed by atoms with Crippen LogP contribution < -0.4 is 0 Å². The van der Waals surface area contributed by atoms with E-state index in [1.807, 2.05) is 0 Å². The first-order valence-electron chi connectivity index (χ1n) is 8.09. The molecule has 1 aliphatic heterocycles. The van der Waals surface area contributed by atoms with Gasteiger partial charge in [0.1, 0.15) is 0 Å². The van der Waals surface area contributed by atoms with Gasteiger partial charge in [0.15, 0.2) is 0 Å². The lowest BCUT2D eigenvalue weighted by Crippen LogP contribution is -2.40. The summed E-state index contributed by atoms with van der Waals surface area (Å²) in [5.74, 6) is 0.592. The summed E-state index contributed by atoms with van der Waals surface area (Å²) in [6, 6.07) is 0. The maximum absolute atomic E-state index is 9.86. The predicted molar refractivity (Wildman–Crippen MR) is 76.7 cm³/mol. The summed E-state index contributed by atoms with van der Waals surface area (Å²) in [6.07, 6.45) is 10.2. The molecule has 2 heteroatoms. The van der Waals surface area contributed by atoms with Gasteiger partial charge in [-0.1, -0.05) is 33.1 Å². The Balaban J connectivity index is 1.70. The van der Waals surface area contributed by atoms with Crippen molar-refractivity contribution in [2.24, 2.45) is 11.3 Å². The van der Waals surface area contributed by atoms with E-state index in [9.17, 15) is 5.11 Å². The summed E-state index contributed by atoms with van der Waals surface area (Å²) in [7, 11) is 0. The van der Waals surface area contributed by atoms with Crippen LogP contribution in [0.15, 0.2) is 0 Å². The summed E-state index contributed by atoms with van der Waals surface area (Å²) in [5.41, 5.74) is 0.642.